The van der Waals surface area contributed by atoms with Crippen molar-refractivity contribution < 1.29 is 4.92 Å². The van der Waals surface area contributed by atoms with Gasteiger partial charge >= 0.3 is 0 Å². The van der Waals surface area contributed by atoms with Gasteiger partial charge in [0.15, 0.2) is 0 Å². The molecular formula is C11H12Cl2N2O2. The Hall–Kier alpha value is -1.10. The van der Waals surface area contributed by atoms with Crippen LogP contribution >= 0.6 is 23.2 Å². The highest BCUT2D eigenvalue weighted by Gasteiger charge is 2.03. The Morgan fingerprint density at radius 1 is 1.41 bits per heavy atom. The smallest absolute Gasteiger partial charge is 0.269 e. The zero-order chi connectivity index (χ0) is 12.7. The van der Waals surface area contributed by atoms with Gasteiger partial charge in [0.1, 0.15) is 0 Å². The molecule has 0 bridgehead atoms. The first-order chi connectivity index (χ1) is 8.13. The van der Waals surface area contributed by atoms with Gasteiger partial charge in [-0.3, -0.25) is 10.1 Å². The van der Waals surface area contributed by atoms with Crippen LogP contribution < -0.4 is 5.32 Å². The van der Waals surface area contributed by atoms with E-state index in [9.17, 15) is 10.1 Å². The molecule has 0 aliphatic rings. The number of nitro groups is 1. The van der Waals surface area contributed by atoms with Gasteiger partial charge in [-0.2, -0.15) is 0 Å². The Kier molecular flexibility index (Phi) is 5.97. The lowest BCUT2D eigenvalue weighted by molar-refractivity contribution is -0.384. The average Bonchev–Trinajstić information content (AvgIpc) is 2.34. The van der Waals surface area contributed by atoms with Crippen molar-refractivity contribution in [3.8, 4) is 0 Å². The highest BCUT2D eigenvalue weighted by atomic mass is 35.5. The number of nitrogens with one attached hydrogen (secondary N) is 1. The molecule has 17 heavy (non-hydrogen) atoms. The SMILES string of the molecule is O=[N+]([O-])c1ccc(CCNCC(Cl)=CCl)cc1. The van der Waals surface area contributed by atoms with Crippen molar-refractivity contribution >= 4 is 28.9 Å². The maximum Gasteiger partial charge on any atom is 0.269 e. The van der Waals surface area contributed by atoms with Gasteiger partial charge in [-0.1, -0.05) is 35.3 Å². The topological polar surface area (TPSA) is 55.2 Å². The predicted octanol–water partition coefficient (Wildman–Crippen LogP) is 3.05. The van der Waals surface area contributed by atoms with Crippen LogP contribution in [-0.4, -0.2) is 18.0 Å². The lowest BCUT2D eigenvalue weighted by atomic mass is 10.1. The van der Waals surface area contributed by atoms with Gasteiger partial charge < -0.3 is 5.32 Å². The van der Waals surface area contributed by atoms with Crippen molar-refractivity contribution in [1.82, 2.24) is 5.32 Å². The van der Waals surface area contributed by atoms with Crippen LogP contribution in [0.1, 0.15) is 5.56 Å². The van der Waals surface area contributed by atoms with Gasteiger partial charge in [0.25, 0.3) is 5.69 Å². The maximum atomic E-state index is 10.4. The van der Waals surface area contributed by atoms with E-state index in [-0.39, 0.29) is 5.69 Å². The first-order valence-electron chi connectivity index (χ1n) is 5.02. The van der Waals surface area contributed by atoms with Gasteiger partial charge in [-0.25, -0.2) is 0 Å². The van der Waals surface area contributed by atoms with Crippen molar-refractivity contribution in [2.75, 3.05) is 13.1 Å². The van der Waals surface area contributed by atoms with Crippen LogP contribution in [0.2, 0.25) is 0 Å². The fourth-order valence-electron chi connectivity index (χ4n) is 1.26. The van der Waals surface area contributed by atoms with E-state index in [1.807, 2.05) is 0 Å². The van der Waals surface area contributed by atoms with Gasteiger partial charge in [-0.15, -0.1) is 0 Å². The van der Waals surface area contributed by atoms with Crippen molar-refractivity contribution in [2.45, 2.75) is 6.42 Å². The number of non-ortho nitro benzene ring substituents is 1. The fraction of sp³-hybridized carbons (Fsp3) is 0.273. The molecule has 0 saturated carbocycles. The molecule has 0 fully saturated rings. The molecule has 1 aromatic rings. The first-order valence-corrected chi connectivity index (χ1v) is 5.83. The lowest BCUT2D eigenvalue weighted by Gasteiger charge is -2.03. The zero-order valence-corrected chi connectivity index (χ0v) is 10.5. The lowest BCUT2D eigenvalue weighted by Crippen LogP contribution is -2.18. The van der Waals surface area contributed by atoms with Crippen LogP contribution in [0.4, 0.5) is 5.69 Å². The summed E-state index contributed by atoms with van der Waals surface area (Å²) in [5, 5.41) is 14.1. The second-order valence-electron chi connectivity index (χ2n) is 3.41. The normalized spacial score (nSPS) is 11.5. The number of nitrogens with zero attached hydrogens (tertiary/aromatic N) is 1. The molecule has 1 N–H and O–H groups in total. The summed E-state index contributed by atoms with van der Waals surface area (Å²) in [7, 11) is 0. The Balaban J connectivity index is 2.35. The summed E-state index contributed by atoms with van der Waals surface area (Å²) in [6, 6.07) is 6.50. The molecule has 92 valence electrons. The molecule has 0 atom stereocenters. The Bertz CT molecular complexity index is 404. The van der Waals surface area contributed by atoms with E-state index in [1.54, 1.807) is 12.1 Å². The molecule has 0 unspecified atom stereocenters. The molecule has 0 spiro atoms. The van der Waals surface area contributed by atoms with Crippen LogP contribution in [0.25, 0.3) is 0 Å². The molecule has 4 nitrogen and oxygen atoms in total. The summed E-state index contributed by atoms with van der Waals surface area (Å²) >= 11 is 11.1. The Morgan fingerprint density at radius 2 is 2.06 bits per heavy atom. The van der Waals surface area contributed by atoms with Crippen LogP contribution in [0.3, 0.4) is 0 Å². The molecule has 0 heterocycles. The van der Waals surface area contributed by atoms with Crippen molar-refractivity contribution in [3.63, 3.8) is 0 Å². The van der Waals surface area contributed by atoms with Gasteiger partial charge in [0.05, 0.1) is 4.92 Å². The zero-order valence-electron chi connectivity index (χ0n) is 9.03. The highest BCUT2D eigenvalue weighted by Crippen LogP contribution is 2.11. The van der Waals surface area contributed by atoms with Gasteiger partial charge in [0, 0.05) is 29.2 Å². The minimum absolute atomic E-state index is 0.106. The molecule has 0 aliphatic carbocycles. The Morgan fingerprint density at radius 3 is 2.59 bits per heavy atom. The number of halogens is 2. The van der Waals surface area contributed by atoms with E-state index in [0.717, 1.165) is 18.5 Å². The molecule has 0 aliphatic heterocycles. The standard InChI is InChI=1S/C11H12Cl2N2O2/c12-7-10(13)8-14-6-5-9-1-3-11(4-2-9)15(16)17/h1-4,7,14H,5-6,8H2. The largest absolute Gasteiger partial charge is 0.311 e. The van der Waals surface area contributed by atoms with E-state index >= 15 is 0 Å². The minimum Gasteiger partial charge on any atom is -0.311 e. The summed E-state index contributed by atoms with van der Waals surface area (Å²) in [5.74, 6) is 0. The molecule has 0 saturated heterocycles. The quantitative estimate of drug-likeness (QED) is 0.493. The first kappa shape index (κ1) is 14.0. The van der Waals surface area contributed by atoms with E-state index < -0.39 is 4.92 Å². The fourth-order valence-corrected chi connectivity index (χ4v) is 1.44. The van der Waals surface area contributed by atoms with Crippen LogP contribution in [-0.2, 0) is 6.42 Å². The predicted molar refractivity (Wildman–Crippen MR) is 69.5 cm³/mol. The van der Waals surface area contributed by atoms with E-state index in [1.165, 1.54) is 17.7 Å². The van der Waals surface area contributed by atoms with E-state index in [4.69, 9.17) is 23.2 Å². The van der Waals surface area contributed by atoms with Gasteiger partial charge in [0.2, 0.25) is 0 Å². The monoisotopic (exact) mass is 274 g/mol. The second kappa shape index (κ2) is 7.27. The molecule has 6 heteroatoms. The molecule has 0 aromatic heterocycles. The highest BCUT2D eigenvalue weighted by molar-refractivity contribution is 6.36. The third-order valence-corrected chi connectivity index (χ3v) is 2.77. The summed E-state index contributed by atoms with van der Waals surface area (Å²) in [4.78, 5) is 10.0. The molecular weight excluding hydrogens is 263 g/mol. The van der Waals surface area contributed by atoms with Crippen molar-refractivity contribution in [3.05, 3.63) is 50.5 Å². The number of hydrogen-bond acceptors (Lipinski definition) is 3. The number of rotatable bonds is 6. The van der Waals surface area contributed by atoms with E-state index in [0.29, 0.717) is 11.6 Å². The second-order valence-corrected chi connectivity index (χ2v) is 4.11. The molecule has 0 amide bonds. The average molecular weight is 275 g/mol. The maximum absolute atomic E-state index is 10.4. The number of benzene rings is 1. The van der Waals surface area contributed by atoms with E-state index in [2.05, 4.69) is 5.32 Å². The summed E-state index contributed by atoms with van der Waals surface area (Å²) in [5.41, 5.74) is 2.46. The summed E-state index contributed by atoms with van der Waals surface area (Å²) < 4.78 is 0. The summed E-state index contributed by atoms with van der Waals surface area (Å²) in [6.45, 7) is 1.26. The number of hydrogen-bond donors (Lipinski definition) is 1. The molecule has 1 aromatic carbocycles. The molecule has 1 rings (SSSR count). The van der Waals surface area contributed by atoms with Crippen molar-refractivity contribution in [2.24, 2.45) is 0 Å². The van der Waals surface area contributed by atoms with Gasteiger partial charge in [-0.05, 0) is 18.5 Å². The minimum atomic E-state index is -0.410. The third kappa shape index (κ3) is 5.17. The van der Waals surface area contributed by atoms with Crippen LogP contribution in [0.15, 0.2) is 34.8 Å². The Labute approximate surface area is 109 Å². The third-order valence-electron chi connectivity index (χ3n) is 2.15. The molecule has 0 radical (unpaired) electrons. The van der Waals surface area contributed by atoms with Crippen molar-refractivity contribution in [1.29, 1.82) is 0 Å². The number of nitro benzene ring substituents is 1. The van der Waals surface area contributed by atoms with Crippen LogP contribution in [0.5, 0.6) is 0 Å². The summed E-state index contributed by atoms with van der Waals surface area (Å²) in [6.07, 6.45) is 0.782. The van der Waals surface area contributed by atoms with Crippen LogP contribution in [0, 0.1) is 10.1 Å².